The van der Waals surface area contributed by atoms with Crippen molar-refractivity contribution in [3.63, 3.8) is 0 Å². The minimum absolute atomic E-state index is 0.113. The van der Waals surface area contributed by atoms with Crippen LogP contribution in [0.25, 0.3) is 11.5 Å². The number of aromatic amines is 1. The van der Waals surface area contributed by atoms with E-state index in [2.05, 4.69) is 14.9 Å². The summed E-state index contributed by atoms with van der Waals surface area (Å²) in [6.45, 7) is 1.59. The fourth-order valence-electron chi connectivity index (χ4n) is 1.45. The van der Waals surface area contributed by atoms with Crippen LogP contribution in [0.15, 0.2) is 15.4 Å². The molecule has 0 atom stereocenters. The molecular formula is C10H8F3N3O3. The third-order valence-corrected chi connectivity index (χ3v) is 2.23. The van der Waals surface area contributed by atoms with Gasteiger partial charge in [0.05, 0.1) is 7.11 Å². The van der Waals surface area contributed by atoms with Gasteiger partial charge in [0.2, 0.25) is 5.88 Å². The number of alkyl halides is 3. The van der Waals surface area contributed by atoms with E-state index in [1.54, 1.807) is 6.92 Å². The Balaban J connectivity index is 2.63. The lowest BCUT2D eigenvalue weighted by atomic mass is 10.3. The number of aryl methyl sites for hydroxylation is 1. The number of H-pyrrole nitrogens is 1. The highest BCUT2D eigenvalue weighted by atomic mass is 19.4. The Labute approximate surface area is 104 Å². The van der Waals surface area contributed by atoms with Crippen molar-refractivity contribution in [1.29, 1.82) is 0 Å². The summed E-state index contributed by atoms with van der Waals surface area (Å²) in [6.07, 6.45) is -4.86. The summed E-state index contributed by atoms with van der Waals surface area (Å²) in [5, 5.41) is 3.55. The lowest BCUT2D eigenvalue weighted by molar-refractivity contribution is -0.140. The Morgan fingerprint density at radius 1 is 1.42 bits per heavy atom. The molecule has 0 aliphatic carbocycles. The first-order chi connectivity index (χ1) is 8.82. The summed E-state index contributed by atoms with van der Waals surface area (Å²) >= 11 is 0. The second-order valence-corrected chi connectivity index (χ2v) is 3.62. The first-order valence-electron chi connectivity index (χ1n) is 5.02. The van der Waals surface area contributed by atoms with Crippen molar-refractivity contribution in [1.82, 2.24) is 15.1 Å². The SMILES string of the molecule is COc1nc(-c2cc(C)on2)[nH]c(=O)c1C(F)(F)F. The molecule has 2 aromatic rings. The largest absolute Gasteiger partial charge is 0.480 e. The number of halogens is 3. The second-order valence-electron chi connectivity index (χ2n) is 3.62. The van der Waals surface area contributed by atoms with Crippen molar-refractivity contribution < 1.29 is 22.4 Å². The van der Waals surface area contributed by atoms with Gasteiger partial charge in [-0.25, -0.2) is 0 Å². The van der Waals surface area contributed by atoms with Gasteiger partial charge in [-0.05, 0) is 6.92 Å². The molecule has 2 heterocycles. The number of methoxy groups -OCH3 is 1. The number of ether oxygens (including phenoxy) is 1. The molecule has 0 bridgehead atoms. The smallest absolute Gasteiger partial charge is 0.426 e. The van der Waals surface area contributed by atoms with Crippen molar-refractivity contribution in [2.24, 2.45) is 0 Å². The number of hydrogen-bond acceptors (Lipinski definition) is 5. The highest BCUT2D eigenvalue weighted by Gasteiger charge is 2.39. The van der Waals surface area contributed by atoms with Crippen LogP contribution in [0.5, 0.6) is 5.88 Å². The zero-order valence-corrected chi connectivity index (χ0v) is 9.83. The highest BCUT2D eigenvalue weighted by molar-refractivity contribution is 5.50. The molecule has 0 amide bonds. The number of aromatic nitrogens is 3. The molecule has 0 spiro atoms. The van der Waals surface area contributed by atoms with Crippen molar-refractivity contribution in [3.8, 4) is 17.4 Å². The van der Waals surface area contributed by atoms with Crippen LogP contribution in [0.2, 0.25) is 0 Å². The predicted octanol–water partition coefficient (Wildman–Crippen LogP) is 1.76. The third kappa shape index (κ3) is 2.44. The summed E-state index contributed by atoms with van der Waals surface area (Å²) in [7, 11) is 0.995. The predicted molar refractivity (Wildman–Crippen MR) is 56.6 cm³/mol. The molecule has 2 rings (SSSR count). The maximum Gasteiger partial charge on any atom is 0.426 e. The molecule has 1 N–H and O–H groups in total. The van der Waals surface area contributed by atoms with Crippen LogP contribution in [0.3, 0.4) is 0 Å². The third-order valence-electron chi connectivity index (χ3n) is 2.23. The van der Waals surface area contributed by atoms with Crippen LogP contribution < -0.4 is 10.3 Å². The summed E-state index contributed by atoms with van der Waals surface area (Å²) in [5.74, 6) is -0.546. The van der Waals surface area contributed by atoms with Crippen LogP contribution >= 0.6 is 0 Å². The first-order valence-corrected chi connectivity index (χ1v) is 5.02. The fraction of sp³-hybridized carbons (Fsp3) is 0.300. The Bertz CT molecular complexity index is 660. The minimum Gasteiger partial charge on any atom is -0.480 e. The molecule has 6 nitrogen and oxygen atoms in total. The molecule has 0 unspecified atom stereocenters. The van der Waals surface area contributed by atoms with Gasteiger partial charge in [-0.15, -0.1) is 0 Å². The quantitative estimate of drug-likeness (QED) is 0.903. The summed E-state index contributed by atoms with van der Waals surface area (Å²) in [6, 6.07) is 1.42. The van der Waals surface area contributed by atoms with Gasteiger partial charge in [0, 0.05) is 6.07 Å². The molecule has 0 aliphatic heterocycles. The lowest BCUT2D eigenvalue weighted by Crippen LogP contribution is -2.24. The lowest BCUT2D eigenvalue weighted by Gasteiger charge is -2.10. The van der Waals surface area contributed by atoms with Crippen molar-refractivity contribution in [2.75, 3.05) is 7.11 Å². The van der Waals surface area contributed by atoms with E-state index >= 15 is 0 Å². The Hall–Kier alpha value is -2.32. The number of rotatable bonds is 2. The van der Waals surface area contributed by atoms with Gasteiger partial charge in [0.25, 0.3) is 5.56 Å². The van der Waals surface area contributed by atoms with Gasteiger partial charge in [0.15, 0.2) is 11.4 Å². The van der Waals surface area contributed by atoms with E-state index < -0.39 is 23.2 Å². The van der Waals surface area contributed by atoms with E-state index in [1.165, 1.54) is 6.07 Å². The fourth-order valence-corrected chi connectivity index (χ4v) is 1.45. The number of nitrogens with zero attached hydrogens (tertiary/aromatic N) is 2. The molecule has 0 radical (unpaired) electrons. The van der Waals surface area contributed by atoms with Gasteiger partial charge in [-0.2, -0.15) is 18.2 Å². The Morgan fingerprint density at radius 2 is 2.11 bits per heavy atom. The zero-order chi connectivity index (χ0) is 14.2. The average Bonchev–Trinajstić information content (AvgIpc) is 2.73. The second kappa shape index (κ2) is 4.41. The number of hydrogen-bond donors (Lipinski definition) is 1. The Kier molecular flexibility index (Phi) is 3.05. The summed E-state index contributed by atoms with van der Waals surface area (Å²) in [5.41, 5.74) is -2.73. The average molecular weight is 275 g/mol. The van der Waals surface area contributed by atoms with Crippen LogP contribution in [-0.2, 0) is 6.18 Å². The van der Waals surface area contributed by atoms with E-state index in [1.807, 2.05) is 4.98 Å². The molecule has 0 aromatic carbocycles. The monoisotopic (exact) mass is 275 g/mol. The minimum atomic E-state index is -4.86. The standard InChI is InChI=1S/C10H8F3N3O3/c1-4-3-5(16-19-4)7-14-8(17)6(10(11,12)13)9(15-7)18-2/h3H,1-2H3,(H,14,15,17). The molecule has 0 saturated carbocycles. The van der Waals surface area contributed by atoms with Crippen molar-refractivity contribution in [3.05, 3.63) is 27.7 Å². The molecule has 0 saturated heterocycles. The van der Waals surface area contributed by atoms with Crippen LogP contribution in [-0.4, -0.2) is 22.2 Å². The van der Waals surface area contributed by atoms with E-state index in [4.69, 9.17) is 4.52 Å². The van der Waals surface area contributed by atoms with Gasteiger partial charge >= 0.3 is 6.18 Å². The molecule has 9 heteroatoms. The van der Waals surface area contributed by atoms with Gasteiger partial charge in [-0.3, -0.25) is 4.79 Å². The molecule has 0 fully saturated rings. The summed E-state index contributed by atoms with van der Waals surface area (Å²) < 4.78 is 47.2. The van der Waals surface area contributed by atoms with Gasteiger partial charge in [0.1, 0.15) is 11.5 Å². The first kappa shape index (κ1) is 13.1. The number of nitrogens with one attached hydrogen (secondary N) is 1. The van der Waals surface area contributed by atoms with E-state index in [0.717, 1.165) is 7.11 Å². The molecular weight excluding hydrogens is 267 g/mol. The zero-order valence-electron chi connectivity index (χ0n) is 9.83. The normalized spacial score (nSPS) is 11.6. The van der Waals surface area contributed by atoms with Crippen LogP contribution in [0, 0.1) is 6.92 Å². The van der Waals surface area contributed by atoms with E-state index in [0.29, 0.717) is 5.76 Å². The van der Waals surface area contributed by atoms with Gasteiger partial charge < -0.3 is 14.2 Å². The molecule has 102 valence electrons. The Morgan fingerprint density at radius 3 is 2.58 bits per heavy atom. The summed E-state index contributed by atoms with van der Waals surface area (Å²) in [4.78, 5) is 17.1. The van der Waals surface area contributed by atoms with Crippen LogP contribution in [0.4, 0.5) is 13.2 Å². The van der Waals surface area contributed by atoms with Crippen LogP contribution in [0.1, 0.15) is 11.3 Å². The maximum atomic E-state index is 12.7. The maximum absolute atomic E-state index is 12.7. The molecule has 19 heavy (non-hydrogen) atoms. The highest BCUT2D eigenvalue weighted by Crippen LogP contribution is 2.32. The van der Waals surface area contributed by atoms with Crippen molar-refractivity contribution >= 4 is 0 Å². The molecule has 2 aromatic heterocycles. The van der Waals surface area contributed by atoms with E-state index in [9.17, 15) is 18.0 Å². The van der Waals surface area contributed by atoms with Crippen molar-refractivity contribution in [2.45, 2.75) is 13.1 Å². The van der Waals surface area contributed by atoms with E-state index in [-0.39, 0.29) is 11.5 Å². The topological polar surface area (TPSA) is 81.0 Å². The van der Waals surface area contributed by atoms with Gasteiger partial charge in [-0.1, -0.05) is 5.16 Å². The molecule has 0 aliphatic rings.